The molecule has 0 amide bonds. The molecule has 0 aliphatic heterocycles. The number of alkyl halides is 3. The molecular formula is C18H20F4N4O. The fourth-order valence-electron chi connectivity index (χ4n) is 2.37. The highest BCUT2D eigenvalue weighted by Gasteiger charge is 2.33. The molecule has 0 saturated heterocycles. The number of guanidine groups is 1. The number of hydrogen-bond donors (Lipinski definition) is 2. The Morgan fingerprint density at radius 1 is 1.15 bits per heavy atom. The van der Waals surface area contributed by atoms with Gasteiger partial charge in [0.25, 0.3) is 0 Å². The molecule has 1 aromatic carbocycles. The highest BCUT2D eigenvalue weighted by Crippen LogP contribution is 2.32. The largest absolute Gasteiger partial charge is 0.478 e. The van der Waals surface area contributed by atoms with Crippen molar-refractivity contribution in [2.75, 3.05) is 13.7 Å². The second-order valence-electron chi connectivity index (χ2n) is 5.48. The van der Waals surface area contributed by atoms with Crippen LogP contribution in [0.2, 0.25) is 0 Å². The average Bonchev–Trinajstić information content (AvgIpc) is 2.63. The summed E-state index contributed by atoms with van der Waals surface area (Å²) in [5, 5.41) is 5.78. The fourth-order valence-corrected chi connectivity index (χ4v) is 2.37. The smallest absolute Gasteiger partial charge is 0.416 e. The Hall–Kier alpha value is -2.84. The molecule has 2 rings (SSSR count). The Morgan fingerprint density at radius 2 is 1.85 bits per heavy atom. The SMILES string of the molecule is CCOc1ncccc1CNC(=NC)NCc1ccc(F)cc1C(F)(F)F. The maximum Gasteiger partial charge on any atom is 0.416 e. The van der Waals surface area contributed by atoms with Gasteiger partial charge in [-0.1, -0.05) is 12.1 Å². The molecule has 27 heavy (non-hydrogen) atoms. The van der Waals surface area contributed by atoms with E-state index in [2.05, 4.69) is 20.6 Å². The highest BCUT2D eigenvalue weighted by atomic mass is 19.4. The number of nitrogens with one attached hydrogen (secondary N) is 2. The molecule has 0 spiro atoms. The second-order valence-corrected chi connectivity index (χ2v) is 5.48. The van der Waals surface area contributed by atoms with E-state index in [1.165, 1.54) is 7.05 Å². The van der Waals surface area contributed by atoms with Crippen LogP contribution in [0.25, 0.3) is 0 Å². The summed E-state index contributed by atoms with van der Waals surface area (Å²) < 4.78 is 57.8. The molecule has 0 aliphatic rings. The van der Waals surface area contributed by atoms with Gasteiger partial charge in [0.15, 0.2) is 5.96 Å². The first-order chi connectivity index (χ1) is 12.8. The zero-order valence-corrected chi connectivity index (χ0v) is 14.9. The number of benzene rings is 1. The Kier molecular flexibility index (Phi) is 6.98. The molecule has 2 N–H and O–H groups in total. The van der Waals surface area contributed by atoms with Gasteiger partial charge in [0.2, 0.25) is 5.88 Å². The maximum absolute atomic E-state index is 13.2. The van der Waals surface area contributed by atoms with Crippen LogP contribution < -0.4 is 15.4 Å². The predicted octanol–water partition coefficient (Wildman–Crippen LogP) is 3.50. The van der Waals surface area contributed by atoms with Crippen LogP contribution in [0.15, 0.2) is 41.5 Å². The Balaban J connectivity index is 2.03. The average molecular weight is 384 g/mol. The number of nitrogens with zero attached hydrogens (tertiary/aromatic N) is 2. The van der Waals surface area contributed by atoms with E-state index < -0.39 is 17.6 Å². The number of pyridine rings is 1. The molecule has 1 aromatic heterocycles. The first-order valence-corrected chi connectivity index (χ1v) is 8.22. The molecule has 0 unspecified atom stereocenters. The fraction of sp³-hybridized carbons (Fsp3) is 0.333. The quantitative estimate of drug-likeness (QED) is 0.455. The minimum Gasteiger partial charge on any atom is -0.478 e. The zero-order chi connectivity index (χ0) is 19.9. The normalized spacial score (nSPS) is 12.0. The number of halogens is 4. The third-order valence-electron chi connectivity index (χ3n) is 3.62. The van der Waals surface area contributed by atoms with Crippen LogP contribution in [0.4, 0.5) is 17.6 Å². The molecule has 5 nitrogen and oxygen atoms in total. The van der Waals surface area contributed by atoms with E-state index in [9.17, 15) is 17.6 Å². The number of aliphatic imine (C=N–C) groups is 1. The van der Waals surface area contributed by atoms with E-state index in [0.29, 0.717) is 31.1 Å². The number of hydrogen-bond acceptors (Lipinski definition) is 3. The minimum absolute atomic E-state index is 0.0803. The summed E-state index contributed by atoms with van der Waals surface area (Å²) in [5.41, 5.74) is -0.320. The van der Waals surface area contributed by atoms with E-state index in [1.54, 1.807) is 12.3 Å². The molecule has 0 saturated carbocycles. The lowest BCUT2D eigenvalue weighted by atomic mass is 10.1. The molecule has 146 valence electrons. The van der Waals surface area contributed by atoms with E-state index in [0.717, 1.165) is 17.7 Å². The lowest BCUT2D eigenvalue weighted by Gasteiger charge is -2.16. The molecule has 9 heteroatoms. The van der Waals surface area contributed by atoms with Crippen LogP contribution in [0, 0.1) is 5.82 Å². The van der Waals surface area contributed by atoms with Crippen molar-refractivity contribution in [3.05, 3.63) is 59.0 Å². The summed E-state index contributed by atoms with van der Waals surface area (Å²) in [6.45, 7) is 2.45. The van der Waals surface area contributed by atoms with Crippen molar-refractivity contribution in [2.45, 2.75) is 26.2 Å². The maximum atomic E-state index is 13.2. The lowest BCUT2D eigenvalue weighted by Crippen LogP contribution is -2.36. The molecule has 1 heterocycles. The number of rotatable bonds is 6. The molecule has 2 aromatic rings. The standard InChI is InChI=1S/C18H20F4N4O/c1-3-27-16-13(5-4-8-24-16)11-26-17(23-2)25-10-12-6-7-14(19)9-15(12)18(20,21)22/h4-9H,3,10-11H2,1-2H3,(H2,23,25,26). The number of aromatic nitrogens is 1. The lowest BCUT2D eigenvalue weighted by molar-refractivity contribution is -0.138. The van der Waals surface area contributed by atoms with Crippen molar-refractivity contribution in [2.24, 2.45) is 4.99 Å². The van der Waals surface area contributed by atoms with Crippen molar-refractivity contribution < 1.29 is 22.3 Å². The molecular weight excluding hydrogens is 364 g/mol. The summed E-state index contributed by atoms with van der Waals surface area (Å²) in [4.78, 5) is 8.11. The minimum atomic E-state index is -4.64. The summed E-state index contributed by atoms with van der Waals surface area (Å²) >= 11 is 0. The molecule has 0 bridgehead atoms. The van der Waals surface area contributed by atoms with Crippen molar-refractivity contribution in [1.29, 1.82) is 0 Å². The predicted molar refractivity (Wildman–Crippen MR) is 93.8 cm³/mol. The number of ether oxygens (including phenoxy) is 1. The summed E-state index contributed by atoms with van der Waals surface area (Å²) in [6.07, 6.45) is -3.03. The molecule has 0 aliphatic carbocycles. The molecule has 0 radical (unpaired) electrons. The van der Waals surface area contributed by atoms with Crippen molar-refractivity contribution >= 4 is 5.96 Å². The van der Waals surface area contributed by atoms with Gasteiger partial charge in [-0.25, -0.2) is 9.37 Å². The van der Waals surface area contributed by atoms with Gasteiger partial charge in [-0.2, -0.15) is 13.2 Å². The first-order valence-electron chi connectivity index (χ1n) is 8.22. The topological polar surface area (TPSA) is 58.5 Å². The van der Waals surface area contributed by atoms with Gasteiger partial charge in [-0.3, -0.25) is 4.99 Å². The van der Waals surface area contributed by atoms with Crippen molar-refractivity contribution in [1.82, 2.24) is 15.6 Å². The molecule has 0 fully saturated rings. The first kappa shape index (κ1) is 20.5. The second kappa shape index (κ2) is 9.20. The van der Waals surface area contributed by atoms with Crippen LogP contribution in [0.5, 0.6) is 5.88 Å². The van der Waals surface area contributed by atoms with Crippen LogP contribution in [0.1, 0.15) is 23.6 Å². The molecule has 0 atom stereocenters. The van der Waals surface area contributed by atoms with E-state index in [-0.39, 0.29) is 12.1 Å². The summed E-state index contributed by atoms with van der Waals surface area (Å²) in [7, 11) is 1.50. The Morgan fingerprint density at radius 3 is 2.48 bits per heavy atom. The third-order valence-corrected chi connectivity index (χ3v) is 3.62. The van der Waals surface area contributed by atoms with Gasteiger partial charge in [-0.15, -0.1) is 0 Å². The van der Waals surface area contributed by atoms with Gasteiger partial charge >= 0.3 is 6.18 Å². The van der Waals surface area contributed by atoms with Gasteiger partial charge in [-0.05, 0) is 30.7 Å². The summed E-state index contributed by atoms with van der Waals surface area (Å²) in [6, 6.07) is 6.15. The van der Waals surface area contributed by atoms with Crippen LogP contribution in [-0.2, 0) is 19.3 Å². The van der Waals surface area contributed by atoms with E-state index in [1.807, 2.05) is 13.0 Å². The highest BCUT2D eigenvalue weighted by molar-refractivity contribution is 5.79. The third kappa shape index (κ3) is 5.83. The van der Waals surface area contributed by atoms with Crippen molar-refractivity contribution in [3.63, 3.8) is 0 Å². The van der Waals surface area contributed by atoms with Crippen LogP contribution in [-0.4, -0.2) is 24.6 Å². The zero-order valence-electron chi connectivity index (χ0n) is 14.9. The van der Waals surface area contributed by atoms with Gasteiger partial charge in [0, 0.05) is 31.9 Å². The van der Waals surface area contributed by atoms with Crippen LogP contribution >= 0.6 is 0 Å². The Labute approximate surface area is 154 Å². The van der Waals surface area contributed by atoms with Gasteiger partial charge in [0.05, 0.1) is 12.2 Å². The van der Waals surface area contributed by atoms with Crippen molar-refractivity contribution in [3.8, 4) is 5.88 Å². The monoisotopic (exact) mass is 384 g/mol. The summed E-state index contributed by atoms with van der Waals surface area (Å²) in [5.74, 6) is -0.173. The van der Waals surface area contributed by atoms with E-state index in [4.69, 9.17) is 4.74 Å². The van der Waals surface area contributed by atoms with E-state index >= 15 is 0 Å². The van der Waals surface area contributed by atoms with Crippen LogP contribution in [0.3, 0.4) is 0 Å². The Bertz CT molecular complexity index is 793. The van der Waals surface area contributed by atoms with Gasteiger partial charge in [0.1, 0.15) is 5.82 Å². The van der Waals surface area contributed by atoms with Gasteiger partial charge < -0.3 is 15.4 Å².